The van der Waals surface area contributed by atoms with Crippen LogP contribution in [0.15, 0.2) is 24.3 Å². The summed E-state index contributed by atoms with van der Waals surface area (Å²) in [5.74, 6) is -0.236. The van der Waals surface area contributed by atoms with Gasteiger partial charge in [0, 0.05) is 31.7 Å². The Hall–Kier alpha value is -1.62. The summed E-state index contributed by atoms with van der Waals surface area (Å²) in [6.07, 6.45) is 1.62. The molecule has 1 aromatic rings. The zero-order valence-electron chi connectivity index (χ0n) is 10.8. The van der Waals surface area contributed by atoms with E-state index in [4.69, 9.17) is 0 Å². The van der Waals surface area contributed by atoms with Gasteiger partial charge >= 0.3 is 6.03 Å². The topological polar surface area (TPSA) is 44.4 Å². The minimum atomic E-state index is -0.479. The number of hydrogen-bond donors (Lipinski definition) is 2. The van der Waals surface area contributed by atoms with Gasteiger partial charge in [-0.15, -0.1) is 0 Å². The average molecular weight is 263 g/mol. The fourth-order valence-corrected chi connectivity index (χ4v) is 2.59. The van der Waals surface area contributed by atoms with Crippen molar-refractivity contribution >= 4 is 6.03 Å². The molecular formula is C14H18FN3O. The molecule has 0 unspecified atom stereocenters. The highest BCUT2D eigenvalue weighted by Gasteiger charge is 2.47. The van der Waals surface area contributed by atoms with E-state index < -0.39 is 5.54 Å². The average Bonchev–Trinajstić information content (AvgIpc) is 3.21. The van der Waals surface area contributed by atoms with Crippen LogP contribution in [0.2, 0.25) is 0 Å². The van der Waals surface area contributed by atoms with Crippen LogP contribution in [0.25, 0.3) is 0 Å². The Morgan fingerprint density at radius 3 is 2.58 bits per heavy atom. The number of urea groups is 1. The first-order chi connectivity index (χ1) is 9.21. The predicted octanol–water partition coefficient (Wildman–Crippen LogP) is 1.43. The highest BCUT2D eigenvalue weighted by Crippen LogP contribution is 2.46. The van der Waals surface area contributed by atoms with Gasteiger partial charge in [-0.1, -0.05) is 18.2 Å². The Bertz CT molecular complexity index is 481. The standard InChI is InChI=1S/C14H18FN3O/c15-12-4-2-1-3-11(12)14(5-6-14)17-13(19)18-9-7-16-8-10-18/h1-4,16H,5-10H2,(H,17,19). The lowest BCUT2D eigenvalue weighted by Gasteiger charge is -2.30. The lowest BCUT2D eigenvalue weighted by molar-refractivity contribution is 0.184. The molecular weight excluding hydrogens is 245 g/mol. The molecule has 1 heterocycles. The number of rotatable bonds is 2. The van der Waals surface area contributed by atoms with Crippen LogP contribution in [0, 0.1) is 5.82 Å². The van der Waals surface area contributed by atoms with Crippen LogP contribution in [0.3, 0.4) is 0 Å². The first-order valence-corrected chi connectivity index (χ1v) is 6.74. The molecule has 0 aromatic heterocycles. The van der Waals surface area contributed by atoms with Crippen molar-refractivity contribution in [3.8, 4) is 0 Å². The zero-order chi connectivity index (χ0) is 13.3. The summed E-state index contributed by atoms with van der Waals surface area (Å²) < 4.78 is 13.8. The Labute approximate surface area is 112 Å². The van der Waals surface area contributed by atoms with E-state index in [1.165, 1.54) is 6.07 Å². The zero-order valence-corrected chi connectivity index (χ0v) is 10.8. The van der Waals surface area contributed by atoms with Crippen LogP contribution in [0.1, 0.15) is 18.4 Å². The summed E-state index contributed by atoms with van der Waals surface area (Å²) in [5.41, 5.74) is 0.131. The Kier molecular flexibility index (Phi) is 3.14. The van der Waals surface area contributed by atoms with Crippen molar-refractivity contribution in [2.24, 2.45) is 0 Å². The summed E-state index contributed by atoms with van der Waals surface area (Å²) in [6.45, 7) is 3.05. The van der Waals surface area contributed by atoms with Crippen molar-refractivity contribution in [2.75, 3.05) is 26.2 Å². The van der Waals surface area contributed by atoms with Crippen molar-refractivity contribution in [3.05, 3.63) is 35.6 Å². The molecule has 2 fully saturated rings. The number of benzene rings is 1. The van der Waals surface area contributed by atoms with Crippen LogP contribution in [-0.4, -0.2) is 37.1 Å². The summed E-state index contributed by atoms with van der Waals surface area (Å²) in [7, 11) is 0. The van der Waals surface area contributed by atoms with E-state index >= 15 is 0 Å². The molecule has 1 saturated heterocycles. The Balaban J connectivity index is 1.72. The van der Waals surface area contributed by atoms with Gasteiger partial charge in [0.15, 0.2) is 0 Å². The highest BCUT2D eigenvalue weighted by atomic mass is 19.1. The molecule has 3 rings (SSSR count). The Morgan fingerprint density at radius 1 is 1.26 bits per heavy atom. The van der Waals surface area contributed by atoms with E-state index in [0.29, 0.717) is 18.7 Å². The van der Waals surface area contributed by atoms with Crippen molar-refractivity contribution in [1.29, 1.82) is 0 Å². The summed E-state index contributed by atoms with van der Waals surface area (Å²) in [5, 5.41) is 6.22. The fraction of sp³-hybridized carbons (Fsp3) is 0.500. The summed E-state index contributed by atoms with van der Waals surface area (Å²) >= 11 is 0. The van der Waals surface area contributed by atoms with Crippen molar-refractivity contribution < 1.29 is 9.18 Å². The largest absolute Gasteiger partial charge is 0.328 e. The molecule has 102 valence electrons. The molecule has 0 spiro atoms. The molecule has 19 heavy (non-hydrogen) atoms. The quantitative estimate of drug-likeness (QED) is 0.848. The molecule has 1 aliphatic carbocycles. The van der Waals surface area contributed by atoms with E-state index in [2.05, 4.69) is 10.6 Å². The molecule has 2 aliphatic rings. The van der Waals surface area contributed by atoms with Gasteiger partial charge in [-0.05, 0) is 18.9 Å². The smallest absolute Gasteiger partial charge is 0.318 e. The minimum Gasteiger partial charge on any atom is -0.328 e. The molecule has 2 amide bonds. The molecule has 0 radical (unpaired) electrons. The van der Waals surface area contributed by atoms with Gasteiger partial charge in [0.25, 0.3) is 0 Å². The van der Waals surface area contributed by atoms with E-state index in [-0.39, 0.29) is 11.8 Å². The highest BCUT2D eigenvalue weighted by molar-refractivity contribution is 5.76. The van der Waals surface area contributed by atoms with Gasteiger partial charge in [-0.2, -0.15) is 0 Å². The van der Waals surface area contributed by atoms with Gasteiger partial charge in [-0.3, -0.25) is 0 Å². The van der Waals surface area contributed by atoms with Gasteiger partial charge < -0.3 is 15.5 Å². The molecule has 5 heteroatoms. The van der Waals surface area contributed by atoms with Gasteiger partial charge in [-0.25, -0.2) is 9.18 Å². The van der Waals surface area contributed by atoms with E-state index in [1.54, 1.807) is 17.0 Å². The number of halogens is 1. The number of nitrogens with one attached hydrogen (secondary N) is 2. The number of nitrogens with zero attached hydrogens (tertiary/aromatic N) is 1. The first kappa shape index (κ1) is 12.4. The summed E-state index contributed by atoms with van der Waals surface area (Å²) in [6, 6.07) is 6.62. The van der Waals surface area contributed by atoms with Crippen LogP contribution >= 0.6 is 0 Å². The van der Waals surface area contributed by atoms with E-state index in [1.807, 2.05) is 6.07 Å². The van der Waals surface area contributed by atoms with Crippen molar-refractivity contribution in [2.45, 2.75) is 18.4 Å². The third-order valence-electron chi connectivity index (χ3n) is 3.89. The SMILES string of the molecule is O=C(NC1(c2ccccc2F)CC1)N1CCNCC1. The molecule has 0 atom stereocenters. The lowest BCUT2D eigenvalue weighted by Crippen LogP contribution is -2.52. The van der Waals surface area contributed by atoms with Crippen LogP contribution < -0.4 is 10.6 Å². The minimum absolute atomic E-state index is 0.0812. The van der Waals surface area contributed by atoms with Crippen LogP contribution in [-0.2, 0) is 5.54 Å². The number of carbonyl (C=O) groups is 1. The molecule has 1 aliphatic heterocycles. The monoisotopic (exact) mass is 263 g/mol. The van der Waals surface area contributed by atoms with Crippen molar-refractivity contribution in [1.82, 2.24) is 15.5 Å². The first-order valence-electron chi connectivity index (χ1n) is 6.74. The van der Waals surface area contributed by atoms with Gasteiger partial charge in [0.2, 0.25) is 0 Å². The molecule has 1 aromatic carbocycles. The molecule has 2 N–H and O–H groups in total. The third-order valence-corrected chi connectivity index (χ3v) is 3.89. The molecule has 4 nitrogen and oxygen atoms in total. The van der Waals surface area contributed by atoms with Gasteiger partial charge in [0.05, 0.1) is 5.54 Å². The predicted molar refractivity (Wildman–Crippen MR) is 70.3 cm³/mol. The van der Waals surface area contributed by atoms with E-state index in [0.717, 1.165) is 25.9 Å². The van der Waals surface area contributed by atoms with Crippen molar-refractivity contribution in [3.63, 3.8) is 0 Å². The summed E-state index contributed by atoms with van der Waals surface area (Å²) in [4.78, 5) is 14.0. The number of carbonyl (C=O) groups excluding carboxylic acids is 1. The third kappa shape index (κ3) is 2.42. The normalized spacial score (nSPS) is 21.0. The van der Waals surface area contributed by atoms with Crippen LogP contribution in [0.4, 0.5) is 9.18 Å². The van der Waals surface area contributed by atoms with Crippen LogP contribution in [0.5, 0.6) is 0 Å². The Morgan fingerprint density at radius 2 is 1.95 bits per heavy atom. The fourth-order valence-electron chi connectivity index (χ4n) is 2.59. The maximum absolute atomic E-state index is 13.8. The molecule has 1 saturated carbocycles. The second-order valence-electron chi connectivity index (χ2n) is 5.23. The number of hydrogen-bond acceptors (Lipinski definition) is 2. The second kappa shape index (κ2) is 4.81. The van der Waals surface area contributed by atoms with Gasteiger partial charge in [0.1, 0.15) is 5.82 Å². The number of piperazine rings is 1. The lowest BCUT2D eigenvalue weighted by atomic mass is 10.0. The maximum atomic E-state index is 13.8. The maximum Gasteiger partial charge on any atom is 0.318 e. The van der Waals surface area contributed by atoms with E-state index in [9.17, 15) is 9.18 Å². The molecule has 0 bridgehead atoms. The second-order valence-corrected chi connectivity index (χ2v) is 5.23. The number of amides is 2.